The molecular formula is C15H19NO3. The highest BCUT2D eigenvalue weighted by Crippen LogP contribution is 2.40. The standard InChI is InChI=1S/C15H19NO3/c1-9-5-6-12(10(2)7-9)16-13(17)8-11(14(18)19)15(16,3)4/h5-7,11H,8H2,1-4H3,(H,18,19). The predicted octanol–water partition coefficient (Wildman–Crippen LogP) is 2.52. The topological polar surface area (TPSA) is 57.6 Å². The van der Waals surface area contributed by atoms with Crippen LogP contribution in [0.25, 0.3) is 0 Å². The molecule has 1 aromatic carbocycles. The van der Waals surface area contributed by atoms with Gasteiger partial charge in [-0.15, -0.1) is 0 Å². The van der Waals surface area contributed by atoms with E-state index in [-0.39, 0.29) is 12.3 Å². The van der Waals surface area contributed by atoms with E-state index in [4.69, 9.17) is 0 Å². The summed E-state index contributed by atoms with van der Waals surface area (Å²) in [6.07, 6.45) is 0.0651. The number of carboxylic acid groups (broad SMARTS) is 1. The summed E-state index contributed by atoms with van der Waals surface area (Å²) in [4.78, 5) is 25.1. The maximum absolute atomic E-state index is 12.2. The molecule has 0 saturated carbocycles. The van der Waals surface area contributed by atoms with Gasteiger partial charge >= 0.3 is 5.97 Å². The van der Waals surface area contributed by atoms with Gasteiger partial charge in [-0.2, -0.15) is 0 Å². The van der Waals surface area contributed by atoms with Crippen molar-refractivity contribution in [1.82, 2.24) is 0 Å². The number of anilines is 1. The quantitative estimate of drug-likeness (QED) is 0.890. The molecule has 0 aromatic heterocycles. The number of hydrogen-bond donors (Lipinski definition) is 1. The van der Waals surface area contributed by atoms with E-state index in [1.807, 2.05) is 45.9 Å². The second kappa shape index (κ2) is 4.37. The van der Waals surface area contributed by atoms with Crippen LogP contribution < -0.4 is 4.90 Å². The summed E-state index contributed by atoms with van der Waals surface area (Å²) < 4.78 is 0. The lowest BCUT2D eigenvalue weighted by atomic mass is 9.88. The van der Waals surface area contributed by atoms with Gasteiger partial charge in [0.25, 0.3) is 0 Å². The molecule has 2 rings (SSSR count). The monoisotopic (exact) mass is 261 g/mol. The Labute approximate surface area is 113 Å². The van der Waals surface area contributed by atoms with Gasteiger partial charge in [0.2, 0.25) is 5.91 Å². The Morgan fingerprint density at radius 3 is 2.47 bits per heavy atom. The number of carbonyl (C=O) groups excluding carboxylic acids is 1. The minimum atomic E-state index is -0.911. The van der Waals surface area contributed by atoms with Crippen molar-refractivity contribution in [2.75, 3.05) is 4.90 Å². The van der Waals surface area contributed by atoms with Gasteiger partial charge in [0, 0.05) is 12.1 Å². The zero-order valence-electron chi connectivity index (χ0n) is 11.7. The molecule has 0 aliphatic carbocycles. The van der Waals surface area contributed by atoms with Crippen LogP contribution in [-0.2, 0) is 9.59 Å². The summed E-state index contributed by atoms with van der Waals surface area (Å²) in [5.74, 6) is -1.70. The zero-order valence-corrected chi connectivity index (χ0v) is 11.7. The molecule has 1 amide bonds. The summed E-state index contributed by atoms with van der Waals surface area (Å²) in [6.45, 7) is 7.57. The fourth-order valence-corrected chi connectivity index (χ4v) is 2.88. The second-order valence-corrected chi connectivity index (χ2v) is 5.77. The number of hydrogen-bond acceptors (Lipinski definition) is 2. The Kier molecular flexibility index (Phi) is 3.12. The van der Waals surface area contributed by atoms with Crippen molar-refractivity contribution in [3.63, 3.8) is 0 Å². The number of carbonyl (C=O) groups is 2. The number of benzene rings is 1. The lowest BCUT2D eigenvalue weighted by Crippen LogP contribution is -2.46. The predicted molar refractivity (Wildman–Crippen MR) is 73.2 cm³/mol. The van der Waals surface area contributed by atoms with Gasteiger partial charge in [-0.05, 0) is 39.3 Å². The van der Waals surface area contributed by atoms with E-state index in [0.29, 0.717) is 0 Å². The first-order valence-corrected chi connectivity index (χ1v) is 6.38. The maximum atomic E-state index is 12.2. The first-order chi connectivity index (χ1) is 8.75. The summed E-state index contributed by atoms with van der Waals surface area (Å²) >= 11 is 0. The SMILES string of the molecule is Cc1ccc(N2C(=O)CC(C(=O)O)C2(C)C)c(C)c1. The molecule has 0 radical (unpaired) electrons. The molecule has 1 aliphatic rings. The third-order valence-electron chi connectivity index (χ3n) is 3.95. The van der Waals surface area contributed by atoms with Crippen LogP contribution in [0.1, 0.15) is 31.4 Å². The van der Waals surface area contributed by atoms with Gasteiger partial charge in [-0.1, -0.05) is 17.7 Å². The second-order valence-electron chi connectivity index (χ2n) is 5.77. The van der Waals surface area contributed by atoms with Crippen molar-refractivity contribution in [1.29, 1.82) is 0 Å². The van der Waals surface area contributed by atoms with Crippen LogP contribution in [0.15, 0.2) is 18.2 Å². The van der Waals surface area contributed by atoms with Crippen LogP contribution >= 0.6 is 0 Å². The molecule has 1 heterocycles. The fraction of sp³-hybridized carbons (Fsp3) is 0.467. The minimum Gasteiger partial charge on any atom is -0.481 e. The molecule has 1 fully saturated rings. The highest BCUT2D eigenvalue weighted by molar-refractivity contribution is 6.02. The van der Waals surface area contributed by atoms with E-state index in [1.165, 1.54) is 0 Å². The van der Waals surface area contributed by atoms with Gasteiger partial charge in [0.1, 0.15) is 0 Å². The molecule has 1 N–H and O–H groups in total. The highest BCUT2D eigenvalue weighted by Gasteiger charge is 2.50. The van der Waals surface area contributed by atoms with E-state index < -0.39 is 17.4 Å². The van der Waals surface area contributed by atoms with E-state index >= 15 is 0 Å². The fourth-order valence-electron chi connectivity index (χ4n) is 2.88. The van der Waals surface area contributed by atoms with Crippen LogP contribution in [0, 0.1) is 19.8 Å². The van der Waals surface area contributed by atoms with E-state index in [1.54, 1.807) is 4.90 Å². The molecule has 1 aliphatic heterocycles. The third kappa shape index (κ3) is 2.11. The summed E-state index contributed by atoms with van der Waals surface area (Å²) in [5, 5.41) is 9.27. The van der Waals surface area contributed by atoms with Crippen LogP contribution in [0.2, 0.25) is 0 Å². The lowest BCUT2D eigenvalue weighted by Gasteiger charge is -2.35. The Bertz CT molecular complexity index is 548. The van der Waals surface area contributed by atoms with Crippen LogP contribution in [-0.4, -0.2) is 22.5 Å². The largest absolute Gasteiger partial charge is 0.481 e. The first-order valence-electron chi connectivity index (χ1n) is 6.38. The van der Waals surface area contributed by atoms with Crippen LogP contribution in [0.4, 0.5) is 5.69 Å². The Balaban J connectivity index is 2.49. The number of rotatable bonds is 2. The minimum absolute atomic E-state index is 0.0651. The lowest BCUT2D eigenvalue weighted by molar-refractivity contribution is -0.143. The normalized spacial score (nSPS) is 21.8. The van der Waals surface area contributed by atoms with Crippen LogP contribution in [0.5, 0.6) is 0 Å². The van der Waals surface area contributed by atoms with Crippen molar-refractivity contribution in [2.24, 2.45) is 5.92 Å². The van der Waals surface area contributed by atoms with Crippen molar-refractivity contribution in [2.45, 2.75) is 39.7 Å². The number of amides is 1. The molecule has 19 heavy (non-hydrogen) atoms. The van der Waals surface area contributed by atoms with E-state index in [2.05, 4.69) is 0 Å². The average molecular weight is 261 g/mol. The Morgan fingerprint density at radius 2 is 2.00 bits per heavy atom. The maximum Gasteiger partial charge on any atom is 0.309 e. The Hall–Kier alpha value is -1.84. The van der Waals surface area contributed by atoms with Crippen molar-refractivity contribution >= 4 is 17.6 Å². The van der Waals surface area contributed by atoms with E-state index in [9.17, 15) is 14.7 Å². The van der Waals surface area contributed by atoms with Crippen molar-refractivity contribution in [3.05, 3.63) is 29.3 Å². The molecule has 4 nitrogen and oxygen atoms in total. The summed E-state index contributed by atoms with van der Waals surface area (Å²) in [7, 11) is 0. The van der Waals surface area contributed by atoms with Crippen LogP contribution in [0.3, 0.4) is 0 Å². The first kappa shape index (κ1) is 13.6. The molecule has 1 saturated heterocycles. The summed E-state index contributed by atoms with van der Waals surface area (Å²) in [5.41, 5.74) is 2.22. The van der Waals surface area contributed by atoms with Gasteiger partial charge in [-0.3, -0.25) is 9.59 Å². The molecule has 0 bridgehead atoms. The molecule has 4 heteroatoms. The molecule has 1 unspecified atom stereocenters. The van der Waals surface area contributed by atoms with Crippen molar-refractivity contribution in [3.8, 4) is 0 Å². The smallest absolute Gasteiger partial charge is 0.309 e. The number of aryl methyl sites for hydroxylation is 2. The van der Waals surface area contributed by atoms with Gasteiger partial charge in [-0.25, -0.2) is 0 Å². The summed E-state index contributed by atoms with van der Waals surface area (Å²) in [6, 6.07) is 5.85. The van der Waals surface area contributed by atoms with Crippen molar-refractivity contribution < 1.29 is 14.7 Å². The molecular weight excluding hydrogens is 242 g/mol. The van der Waals surface area contributed by atoms with Gasteiger partial charge in [0.15, 0.2) is 0 Å². The third-order valence-corrected chi connectivity index (χ3v) is 3.95. The molecule has 1 aromatic rings. The zero-order chi connectivity index (χ0) is 14.4. The number of nitrogens with zero attached hydrogens (tertiary/aromatic N) is 1. The highest BCUT2D eigenvalue weighted by atomic mass is 16.4. The molecule has 0 spiro atoms. The average Bonchev–Trinajstić information content (AvgIpc) is 2.51. The molecule has 102 valence electrons. The van der Waals surface area contributed by atoms with E-state index in [0.717, 1.165) is 16.8 Å². The van der Waals surface area contributed by atoms with Gasteiger partial charge in [0.05, 0.1) is 11.5 Å². The number of aliphatic carboxylic acids is 1. The Morgan fingerprint density at radius 1 is 1.37 bits per heavy atom. The van der Waals surface area contributed by atoms with Gasteiger partial charge < -0.3 is 10.0 Å². The molecule has 1 atom stereocenters. The number of carboxylic acids is 1.